The molecule has 0 spiro atoms. The molecule has 2 heterocycles. The van der Waals surface area contributed by atoms with Crippen LogP contribution in [0.3, 0.4) is 0 Å². The van der Waals surface area contributed by atoms with Crippen molar-refractivity contribution in [1.82, 2.24) is 5.32 Å². The molecule has 1 unspecified atom stereocenters. The van der Waals surface area contributed by atoms with Crippen molar-refractivity contribution in [2.24, 2.45) is 5.92 Å². The number of hydrogen-bond acceptors (Lipinski definition) is 2. The van der Waals surface area contributed by atoms with Crippen molar-refractivity contribution in [3.63, 3.8) is 0 Å². The third-order valence-electron chi connectivity index (χ3n) is 3.77. The largest absolute Gasteiger partial charge is 0.307 e. The average Bonchev–Trinajstić information content (AvgIpc) is 2.55. The Morgan fingerprint density at radius 2 is 2.12 bits per heavy atom. The summed E-state index contributed by atoms with van der Waals surface area (Å²) >= 11 is 5.50. The van der Waals surface area contributed by atoms with Crippen LogP contribution in [0.5, 0.6) is 0 Å². The fraction of sp³-hybridized carbons (Fsp3) is 0.692. The third-order valence-corrected chi connectivity index (χ3v) is 5.47. The fourth-order valence-electron chi connectivity index (χ4n) is 2.74. The van der Waals surface area contributed by atoms with E-state index in [4.69, 9.17) is 0 Å². The highest BCUT2D eigenvalue weighted by Crippen LogP contribution is 2.41. The van der Waals surface area contributed by atoms with Crippen molar-refractivity contribution >= 4 is 27.3 Å². The Hall–Kier alpha value is 0.140. The molecule has 1 aromatic rings. The molecule has 16 heavy (non-hydrogen) atoms. The van der Waals surface area contributed by atoms with Gasteiger partial charge in [0.2, 0.25) is 0 Å². The van der Waals surface area contributed by atoms with Crippen molar-refractivity contribution in [3.8, 4) is 0 Å². The lowest BCUT2D eigenvalue weighted by Gasteiger charge is -2.38. The molecule has 3 heteroatoms. The molecule has 1 aliphatic rings. The van der Waals surface area contributed by atoms with Gasteiger partial charge in [0.1, 0.15) is 0 Å². The van der Waals surface area contributed by atoms with Gasteiger partial charge >= 0.3 is 0 Å². The van der Waals surface area contributed by atoms with E-state index in [0.29, 0.717) is 5.92 Å². The Labute approximate surface area is 111 Å². The molecule has 1 aromatic heterocycles. The highest BCUT2D eigenvalue weighted by molar-refractivity contribution is 9.10. The molecule has 0 aromatic carbocycles. The van der Waals surface area contributed by atoms with E-state index < -0.39 is 0 Å². The van der Waals surface area contributed by atoms with Crippen LogP contribution in [0, 0.1) is 5.92 Å². The standard InChI is InChI=1S/C13H20BrNS/c1-10(2)13(6-4-3-5-7-15-13)11-8-16-9-12(11)14/h8-10,15H,3-7H2,1-2H3. The number of halogens is 1. The van der Waals surface area contributed by atoms with Crippen molar-refractivity contribution < 1.29 is 0 Å². The van der Waals surface area contributed by atoms with Gasteiger partial charge in [0.25, 0.3) is 0 Å². The topological polar surface area (TPSA) is 12.0 Å². The molecule has 1 nitrogen and oxygen atoms in total. The number of hydrogen-bond donors (Lipinski definition) is 1. The van der Waals surface area contributed by atoms with Gasteiger partial charge in [-0.15, -0.1) is 0 Å². The summed E-state index contributed by atoms with van der Waals surface area (Å²) in [5.74, 6) is 0.636. The van der Waals surface area contributed by atoms with E-state index >= 15 is 0 Å². The molecule has 1 atom stereocenters. The van der Waals surface area contributed by atoms with Gasteiger partial charge in [0, 0.05) is 15.4 Å². The van der Waals surface area contributed by atoms with Crippen LogP contribution in [0.25, 0.3) is 0 Å². The summed E-state index contributed by atoms with van der Waals surface area (Å²) in [4.78, 5) is 0. The third kappa shape index (κ3) is 2.22. The van der Waals surface area contributed by atoms with Gasteiger partial charge in [-0.1, -0.05) is 26.7 Å². The SMILES string of the molecule is CC(C)C1(c2cscc2Br)CCCCCN1. The number of thiophene rings is 1. The molecule has 2 rings (SSSR count). The molecule has 0 radical (unpaired) electrons. The van der Waals surface area contributed by atoms with Gasteiger partial charge in [-0.2, -0.15) is 11.3 Å². The van der Waals surface area contributed by atoms with Crippen LogP contribution in [0.1, 0.15) is 45.1 Å². The molecule has 90 valence electrons. The van der Waals surface area contributed by atoms with E-state index in [1.807, 2.05) is 0 Å². The van der Waals surface area contributed by atoms with Crippen LogP contribution >= 0.6 is 27.3 Å². The summed E-state index contributed by atoms with van der Waals surface area (Å²) < 4.78 is 1.28. The molecule has 0 aliphatic carbocycles. The zero-order valence-corrected chi connectivity index (χ0v) is 12.5. The Morgan fingerprint density at radius 1 is 1.31 bits per heavy atom. The zero-order chi connectivity index (χ0) is 11.6. The molecule has 0 saturated carbocycles. The fourth-order valence-corrected chi connectivity index (χ4v) is 4.47. The summed E-state index contributed by atoms with van der Waals surface area (Å²) in [5, 5.41) is 8.32. The molecule has 0 amide bonds. The molecule has 0 bridgehead atoms. The van der Waals surface area contributed by atoms with Crippen LogP contribution in [0.4, 0.5) is 0 Å². The lowest BCUT2D eigenvalue weighted by molar-refractivity contribution is 0.230. The summed E-state index contributed by atoms with van der Waals surface area (Å²) in [5.41, 5.74) is 1.66. The molecule has 1 fully saturated rings. The van der Waals surface area contributed by atoms with E-state index in [-0.39, 0.29) is 5.54 Å². The second-order valence-corrected chi connectivity index (χ2v) is 6.59. The minimum atomic E-state index is 0.190. The van der Waals surface area contributed by atoms with Gasteiger partial charge in [-0.3, -0.25) is 0 Å². The maximum atomic E-state index is 3.81. The Morgan fingerprint density at radius 3 is 2.75 bits per heavy atom. The number of nitrogens with one attached hydrogen (secondary N) is 1. The Balaban J connectivity index is 2.38. The summed E-state index contributed by atoms with van der Waals surface area (Å²) in [7, 11) is 0. The van der Waals surface area contributed by atoms with Gasteiger partial charge in [0.15, 0.2) is 0 Å². The lowest BCUT2D eigenvalue weighted by Crippen LogP contribution is -2.46. The summed E-state index contributed by atoms with van der Waals surface area (Å²) in [6.45, 7) is 5.82. The van der Waals surface area contributed by atoms with E-state index in [2.05, 4.69) is 45.9 Å². The van der Waals surface area contributed by atoms with Gasteiger partial charge in [-0.05, 0) is 52.2 Å². The van der Waals surface area contributed by atoms with E-state index in [9.17, 15) is 0 Å². The van der Waals surface area contributed by atoms with Crippen molar-refractivity contribution in [3.05, 3.63) is 20.8 Å². The quantitative estimate of drug-likeness (QED) is 0.846. The van der Waals surface area contributed by atoms with Crippen molar-refractivity contribution in [2.75, 3.05) is 6.54 Å². The maximum Gasteiger partial charge on any atom is 0.0477 e. The summed E-state index contributed by atoms with van der Waals surface area (Å²) in [6, 6.07) is 0. The Bertz CT molecular complexity index is 337. The van der Waals surface area contributed by atoms with Crippen LogP contribution in [0.15, 0.2) is 15.2 Å². The molecule has 1 N–H and O–H groups in total. The normalized spacial score (nSPS) is 27.0. The number of rotatable bonds is 2. The molecule has 1 aliphatic heterocycles. The minimum Gasteiger partial charge on any atom is -0.307 e. The first-order chi connectivity index (χ1) is 7.67. The van der Waals surface area contributed by atoms with Crippen LogP contribution in [-0.2, 0) is 5.54 Å². The zero-order valence-electron chi connectivity index (χ0n) is 10.1. The van der Waals surface area contributed by atoms with Crippen LogP contribution < -0.4 is 5.32 Å². The molecular formula is C13H20BrNS. The first-order valence-corrected chi connectivity index (χ1v) is 7.87. The van der Waals surface area contributed by atoms with Crippen molar-refractivity contribution in [1.29, 1.82) is 0 Å². The van der Waals surface area contributed by atoms with Crippen molar-refractivity contribution in [2.45, 2.75) is 45.1 Å². The average molecular weight is 302 g/mol. The second-order valence-electron chi connectivity index (χ2n) is 5.00. The van der Waals surface area contributed by atoms with Gasteiger partial charge in [0.05, 0.1) is 0 Å². The van der Waals surface area contributed by atoms with Gasteiger partial charge in [-0.25, -0.2) is 0 Å². The van der Waals surface area contributed by atoms with Crippen LogP contribution in [-0.4, -0.2) is 6.54 Å². The Kier molecular flexibility index (Phi) is 4.09. The van der Waals surface area contributed by atoms with Crippen LogP contribution in [0.2, 0.25) is 0 Å². The summed E-state index contributed by atoms with van der Waals surface area (Å²) in [6.07, 6.45) is 5.28. The van der Waals surface area contributed by atoms with E-state index in [0.717, 1.165) is 6.54 Å². The highest BCUT2D eigenvalue weighted by atomic mass is 79.9. The van der Waals surface area contributed by atoms with E-state index in [1.54, 1.807) is 11.3 Å². The maximum absolute atomic E-state index is 3.81. The second kappa shape index (κ2) is 5.19. The predicted octanol–water partition coefficient (Wildman–Crippen LogP) is 4.53. The minimum absolute atomic E-state index is 0.190. The molecular weight excluding hydrogens is 282 g/mol. The first-order valence-electron chi connectivity index (χ1n) is 6.14. The lowest BCUT2D eigenvalue weighted by atomic mass is 9.78. The highest BCUT2D eigenvalue weighted by Gasteiger charge is 2.37. The predicted molar refractivity (Wildman–Crippen MR) is 75.0 cm³/mol. The smallest absolute Gasteiger partial charge is 0.0477 e. The van der Waals surface area contributed by atoms with E-state index in [1.165, 1.54) is 35.7 Å². The first kappa shape index (κ1) is 12.6. The van der Waals surface area contributed by atoms with Gasteiger partial charge < -0.3 is 5.32 Å². The monoisotopic (exact) mass is 301 g/mol. The molecule has 1 saturated heterocycles.